The average molecular weight is 205 g/mol. The summed E-state index contributed by atoms with van der Waals surface area (Å²) in [5, 5.41) is 0. The van der Waals surface area contributed by atoms with Gasteiger partial charge in [-0.25, -0.2) is 0 Å². The van der Waals surface area contributed by atoms with Crippen LogP contribution in [-0.4, -0.2) is 19.0 Å². The number of benzene rings is 1. The summed E-state index contributed by atoms with van der Waals surface area (Å²) in [5.41, 5.74) is 7.02. The van der Waals surface area contributed by atoms with Crippen LogP contribution in [0.15, 0.2) is 35.3 Å². The number of rotatable bonds is 4. The largest absolute Gasteiger partial charge is 0.370 e. The molecule has 0 saturated heterocycles. The van der Waals surface area contributed by atoms with Crippen LogP contribution in [0.1, 0.15) is 20.3 Å². The second-order valence-corrected chi connectivity index (χ2v) is 3.32. The molecule has 1 rings (SSSR count). The molecular formula is C12H19N3. The minimum absolute atomic E-state index is 0.602. The van der Waals surface area contributed by atoms with E-state index in [0.717, 1.165) is 25.2 Å². The standard InChI is InChI=1S/C12H19N3/c1-3-10-14-12(13)15(4-2)11-8-6-5-7-9-11/h5-9H,3-4,10H2,1-2H3,(H2,13,14). The van der Waals surface area contributed by atoms with Crippen LogP contribution in [0.3, 0.4) is 0 Å². The van der Waals surface area contributed by atoms with Gasteiger partial charge in [-0.15, -0.1) is 0 Å². The van der Waals surface area contributed by atoms with Crippen molar-refractivity contribution in [2.24, 2.45) is 10.7 Å². The van der Waals surface area contributed by atoms with Gasteiger partial charge in [0.15, 0.2) is 5.96 Å². The summed E-state index contributed by atoms with van der Waals surface area (Å²) in [4.78, 5) is 6.32. The zero-order valence-corrected chi connectivity index (χ0v) is 9.48. The Kier molecular flexibility index (Phi) is 4.68. The van der Waals surface area contributed by atoms with E-state index < -0.39 is 0 Å². The van der Waals surface area contributed by atoms with Crippen molar-refractivity contribution in [1.82, 2.24) is 0 Å². The van der Waals surface area contributed by atoms with Gasteiger partial charge in [0.05, 0.1) is 0 Å². The normalized spacial score (nSPS) is 11.5. The first-order valence-corrected chi connectivity index (χ1v) is 5.42. The minimum Gasteiger partial charge on any atom is -0.370 e. The Hall–Kier alpha value is -1.51. The number of para-hydroxylation sites is 1. The number of hydrogen-bond acceptors (Lipinski definition) is 1. The van der Waals surface area contributed by atoms with Crippen molar-refractivity contribution in [3.8, 4) is 0 Å². The summed E-state index contributed by atoms with van der Waals surface area (Å²) in [6, 6.07) is 10.1. The van der Waals surface area contributed by atoms with Gasteiger partial charge in [0.25, 0.3) is 0 Å². The van der Waals surface area contributed by atoms with Gasteiger partial charge in [0.2, 0.25) is 0 Å². The fourth-order valence-corrected chi connectivity index (χ4v) is 1.40. The highest BCUT2D eigenvalue weighted by molar-refractivity contribution is 5.94. The molecule has 0 aliphatic heterocycles. The maximum Gasteiger partial charge on any atom is 0.195 e. The molecule has 3 heteroatoms. The molecule has 0 spiro atoms. The van der Waals surface area contributed by atoms with E-state index in [-0.39, 0.29) is 0 Å². The fourth-order valence-electron chi connectivity index (χ4n) is 1.40. The van der Waals surface area contributed by atoms with Gasteiger partial charge < -0.3 is 10.6 Å². The summed E-state index contributed by atoms with van der Waals surface area (Å²) in [7, 11) is 0. The molecule has 0 heterocycles. The number of nitrogens with two attached hydrogens (primary N) is 1. The van der Waals surface area contributed by atoms with Crippen molar-refractivity contribution in [3.05, 3.63) is 30.3 Å². The second kappa shape index (κ2) is 6.06. The Morgan fingerprint density at radius 1 is 1.27 bits per heavy atom. The third-order valence-corrected chi connectivity index (χ3v) is 2.16. The molecule has 0 radical (unpaired) electrons. The molecule has 1 aromatic carbocycles. The van der Waals surface area contributed by atoms with E-state index in [1.165, 1.54) is 0 Å². The van der Waals surface area contributed by atoms with Gasteiger partial charge in [-0.1, -0.05) is 25.1 Å². The van der Waals surface area contributed by atoms with E-state index in [0.29, 0.717) is 5.96 Å². The van der Waals surface area contributed by atoms with Crippen molar-refractivity contribution in [3.63, 3.8) is 0 Å². The van der Waals surface area contributed by atoms with Crippen LogP contribution >= 0.6 is 0 Å². The highest BCUT2D eigenvalue weighted by Gasteiger charge is 2.06. The predicted octanol–water partition coefficient (Wildman–Crippen LogP) is 2.24. The molecule has 0 saturated carbocycles. The van der Waals surface area contributed by atoms with Crippen LogP contribution in [0.2, 0.25) is 0 Å². The topological polar surface area (TPSA) is 41.6 Å². The Morgan fingerprint density at radius 3 is 2.47 bits per heavy atom. The van der Waals surface area contributed by atoms with Crippen molar-refractivity contribution in [2.75, 3.05) is 18.0 Å². The van der Waals surface area contributed by atoms with Gasteiger partial charge in [0, 0.05) is 18.8 Å². The van der Waals surface area contributed by atoms with Gasteiger partial charge in [-0.3, -0.25) is 4.99 Å². The molecule has 0 amide bonds. The maximum atomic E-state index is 5.92. The minimum atomic E-state index is 0.602. The van der Waals surface area contributed by atoms with E-state index in [4.69, 9.17) is 5.73 Å². The van der Waals surface area contributed by atoms with E-state index in [1.807, 2.05) is 35.2 Å². The van der Waals surface area contributed by atoms with E-state index in [9.17, 15) is 0 Å². The zero-order chi connectivity index (χ0) is 11.1. The summed E-state index contributed by atoms with van der Waals surface area (Å²) in [6.45, 7) is 5.79. The summed E-state index contributed by atoms with van der Waals surface area (Å²) >= 11 is 0. The van der Waals surface area contributed by atoms with Crippen LogP contribution in [-0.2, 0) is 0 Å². The molecule has 0 unspecified atom stereocenters. The molecule has 0 bridgehead atoms. The molecular weight excluding hydrogens is 186 g/mol. The maximum absolute atomic E-state index is 5.92. The molecule has 82 valence electrons. The summed E-state index contributed by atoms with van der Waals surface area (Å²) in [6.07, 6.45) is 1.02. The number of aliphatic imine (C=N–C) groups is 1. The number of hydrogen-bond donors (Lipinski definition) is 1. The van der Waals surface area contributed by atoms with Gasteiger partial charge in [-0.2, -0.15) is 0 Å². The number of guanidine groups is 1. The molecule has 2 N–H and O–H groups in total. The Bertz CT molecular complexity index is 306. The molecule has 0 aliphatic rings. The lowest BCUT2D eigenvalue weighted by Gasteiger charge is -2.21. The Balaban J connectivity index is 2.80. The highest BCUT2D eigenvalue weighted by atomic mass is 15.2. The fraction of sp³-hybridized carbons (Fsp3) is 0.417. The van der Waals surface area contributed by atoms with Crippen LogP contribution in [0.25, 0.3) is 0 Å². The van der Waals surface area contributed by atoms with E-state index in [2.05, 4.69) is 18.8 Å². The second-order valence-electron chi connectivity index (χ2n) is 3.32. The lowest BCUT2D eigenvalue weighted by Crippen LogP contribution is -2.37. The monoisotopic (exact) mass is 205 g/mol. The lowest BCUT2D eigenvalue weighted by atomic mass is 10.3. The third-order valence-electron chi connectivity index (χ3n) is 2.16. The van der Waals surface area contributed by atoms with Crippen LogP contribution in [0.5, 0.6) is 0 Å². The Labute approximate surface area is 91.6 Å². The van der Waals surface area contributed by atoms with Crippen LogP contribution in [0, 0.1) is 0 Å². The van der Waals surface area contributed by atoms with Gasteiger partial charge in [-0.05, 0) is 25.5 Å². The van der Waals surface area contributed by atoms with Gasteiger partial charge in [0.1, 0.15) is 0 Å². The summed E-state index contributed by atoms with van der Waals surface area (Å²) < 4.78 is 0. The summed E-state index contributed by atoms with van der Waals surface area (Å²) in [5.74, 6) is 0.602. The van der Waals surface area contributed by atoms with Crippen molar-refractivity contribution in [2.45, 2.75) is 20.3 Å². The SMILES string of the molecule is CCCN=C(N)N(CC)c1ccccc1. The van der Waals surface area contributed by atoms with Crippen LogP contribution in [0.4, 0.5) is 5.69 Å². The average Bonchev–Trinajstić information content (AvgIpc) is 2.29. The van der Waals surface area contributed by atoms with E-state index in [1.54, 1.807) is 0 Å². The van der Waals surface area contributed by atoms with Crippen molar-refractivity contribution in [1.29, 1.82) is 0 Å². The van der Waals surface area contributed by atoms with Gasteiger partial charge >= 0.3 is 0 Å². The zero-order valence-electron chi connectivity index (χ0n) is 9.48. The quantitative estimate of drug-likeness (QED) is 0.605. The van der Waals surface area contributed by atoms with E-state index >= 15 is 0 Å². The first kappa shape index (κ1) is 11.6. The Morgan fingerprint density at radius 2 is 1.93 bits per heavy atom. The first-order chi connectivity index (χ1) is 7.29. The molecule has 0 atom stereocenters. The first-order valence-electron chi connectivity index (χ1n) is 5.42. The predicted molar refractivity (Wildman–Crippen MR) is 66.2 cm³/mol. The molecule has 1 aromatic rings. The molecule has 15 heavy (non-hydrogen) atoms. The lowest BCUT2D eigenvalue weighted by molar-refractivity contribution is 0.914. The van der Waals surface area contributed by atoms with Crippen molar-refractivity contribution < 1.29 is 0 Å². The number of anilines is 1. The molecule has 3 nitrogen and oxygen atoms in total. The van der Waals surface area contributed by atoms with Crippen molar-refractivity contribution >= 4 is 11.6 Å². The molecule has 0 aromatic heterocycles. The molecule has 0 fully saturated rings. The third kappa shape index (κ3) is 3.27. The molecule has 0 aliphatic carbocycles. The smallest absolute Gasteiger partial charge is 0.195 e. The van der Waals surface area contributed by atoms with Crippen LogP contribution < -0.4 is 10.6 Å². The number of nitrogens with zero attached hydrogens (tertiary/aromatic N) is 2. The highest BCUT2D eigenvalue weighted by Crippen LogP contribution is 2.12.